The van der Waals surface area contributed by atoms with E-state index in [1.54, 1.807) is 13.0 Å². The highest BCUT2D eigenvalue weighted by Crippen LogP contribution is 2.41. The lowest BCUT2D eigenvalue weighted by Crippen LogP contribution is -2.08. The van der Waals surface area contributed by atoms with E-state index < -0.39 is 5.97 Å². The van der Waals surface area contributed by atoms with E-state index in [4.69, 9.17) is 16.3 Å². The smallest absolute Gasteiger partial charge is 0.308 e. The summed E-state index contributed by atoms with van der Waals surface area (Å²) in [6.07, 6.45) is 0. The highest BCUT2D eigenvalue weighted by molar-refractivity contribution is 9.10. The summed E-state index contributed by atoms with van der Waals surface area (Å²) in [7, 11) is 0. The summed E-state index contributed by atoms with van der Waals surface area (Å²) in [6.45, 7) is 3.10. The fourth-order valence-electron chi connectivity index (χ4n) is 1.62. The Morgan fingerprint density at radius 2 is 2.15 bits per heavy atom. The number of hydrogen-bond donors (Lipinski definition) is 1. The van der Waals surface area contributed by atoms with E-state index >= 15 is 0 Å². The number of carbonyl (C=O) groups excluding carboxylic acids is 1. The summed E-state index contributed by atoms with van der Waals surface area (Å²) in [5.74, 6) is -0.142. The topological polar surface area (TPSA) is 72.1 Å². The molecule has 0 unspecified atom stereocenters. The van der Waals surface area contributed by atoms with E-state index in [0.717, 1.165) is 5.56 Å². The zero-order valence-corrected chi connectivity index (χ0v) is 13.0. The third-order valence-corrected chi connectivity index (χ3v) is 3.95. The molecule has 0 fully saturated rings. The van der Waals surface area contributed by atoms with Gasteiger partial charge in [-0.25, -0.2) is 5.10 Å². The molecule has 0 saturated carbocycles. The predicted octanol–water partition coefficient (Wildman–Crippen LogP) is 3.09. The molecule has 1 aromatic carbocycles. The average molecular weight is 358 g/mol. The predicted molar refractivity (Wildman–Crippen MR) is 79.0 cm³/mol. The van der Waals surface area contributed by atoms with Crippen LogP contribution in [-0.4, -0.2) is 16.2 Å². The van der Waals surface area contributed by atoms with Crippen LogP contribution in [0.2, 0.25) is 5.02 Å². The SMILES string of the molecule is CC(=O)Oc1c(-c2ccc(=O)[nH]n2)cc(Cl)c(C)c1Br. The van der Waals surface area contributed by atoms with Crippen LogP contribution in [-0.2, 0) is 4.79 Å². The molecule has 5 nitrogen and oxygen atoms in total. The molecule has 2 rings (SSSR count). The molecule has 1 N–H and O–H groups in total. The van der Waals surface area contributed by atoms with Gasteiger partial charge in [-0.1, -0.05) is 11.6 Å². The molecule has 0 radical (unpaired) electrons. The molecule has 20 heavy (non-hydrogen) atoms. The molecule has 104 valence electrons. The number of carbonyl (C=O) groups is 1. The van der Waals surface area contributed by atoms with Crippen molar-refractivity contribution >= 4 is 33.5 Å². The molecule has 2 aromatic rings. The number of aromatic nitrogens is 2. The van der Waals surface area contributed by atoms with Gasteiger partial charge in [0.15, 0.2) is 5.75 Å². The first-order valence-corrected chi connectivity index (χ1v) is 6.80. The van der Waals surface area contributed by atoms with Crippen molar-refractivity contribution in [2.45, 2.75) is 13.8 Å². The molecule has 0 saturated heterocycles. The van der Waals surface area contributed by atoms with Crippen molar-refractivity contribution in [3.05, 3.63) is 43.6 Å². The Hall–Kier alpha value is -1.66. The Morgan fingerprint density at radius 3 is 2.70 bits per heavy atom. The van der Waals surface area contributed by atoms with Crippen LogP contribution in [0.1, 0.15) is 12.5 Å². The molecule has 7 heteroatoms. The van der Waals surface area contributed by atoms with Crippen molar-refractivity contribution < 1.29 is 9.53 Å². The molecular formula is C13H10BrClN2O3. The third kappa shape index (κ3) is 2.91. The second-order valence-electron chi connectivity index (χ2n) is 4.07. The standard InChI is InChI=1S/C13H10BrClN2O3/c1-6-9(15)5-8(10-3-4-11(19)17-16-10)13(12(6)14)20-7(2)18/h3-5H,1-2H3,(H,17,19). The Kier molecular flexibility index (Phi) is 4.25. The number of halogens is 2. The first-order chi connectivity index (χ1) is 9.40. The van der Waals surface area contributed by atoms with Crippen molar-refractivity contribution in [3.8, 4) is 17.0 Å². The Bertz CT molecular complexity index is 723. The summed E-state index contributed by atoms with van der Waals surface area (Å²) < 4.78 is 5.79. The van der Waals surface area contributed by atoms with Gasteiger partial charge in [0.1, 0.15) is 0 Å². The van der Waals surface area contributed by atoms with E-state index in [-0.39, 0.29) is 5.56 Å². The van der Waals surface area contributed by atoms with Crippen molar-refractivity contribution in [2.24, 2.45) is 0 Å². The lowest BCUT2D eigenvalue weighted by Gasteiger charge is -2.13. The van der Waals surface area contributed by atoms with Gasteiger partial charge in [-0.05, 0) is 40.5 Å². The minimum Gasteiger partial charge on any atom is -0.425 e. The second kappa shape index (κ2) is 5.76. The van der Waals surface area contributed by atoms with Crippen molar-refractivity contribution in [1.29, 1.82) is 0 Å². The number of ether oxygens (including phenoxy) is 1. The summed E-state index contributed by atoms with van der Waals surface area (Å²) in [6, 6.07) is 4.50. The normalized spacial score (nSPS) is 10.4. The van der Waals surface area contributed by atoms with E-state index in [0.29, 0.717) is 26.5 Å². The van der Waals surface area contributed by atoms with Gasteiger partial charge in [0.05, 0.1) is 10.2 Å². The van der Waals surface area contributed by atoms with Crippen LogP contribution in [0, 0.1) is 6.92 Å². The maximum atomic E-state index is 11.2. The summed E-state index contributed by atoms with van der Waals surface area (Å²) >= 11 is 9.50. The summed E-state index contributed by atoms with van der Waals surface area (Å²) in [4.78, 5) is 22.3. The van der Waals surface area contributed by atoms with Crippen LogP contribution in [0.3, 0.4) is 0 Å². The number of nitrogens with one attached hydrogen (secondary N) is 1. The quantitative estimate of drug-likeness (QED) is 0.662. The van der Waals surface area contributed by atoms with Crippen LogP contribution in [0.25, 0.3) is 11.3 Å². The van der Waals surface area contributed by atoms with Crippen molar-refractivity contribution in [1.82, 2.24) is 10.2 Å². The fourth-order valence-corrected chi connectivity index (χ4v) is 2.45. The zero-order chi connectivity index (χ0) is 14.9. The summed E-state index contributed by atoms with van der Waals surface area (Å²) in [5.41, 5.74) is 1.39. The maximum Gasteiger partial charge on any atom is 0.308 e. The molecular weight excluding hydrogens is 348 g/mol. The van der Waals surface area contributed by atoms with Gasteiger partial charge in [-0.3, -0.25) is 9.59 Å². The van der Waals surface area contributed by atoms with Crippen LogP contribution in [0.15, 0.2) is 27.5 Å². The van der Waals surface area contributed by atoms with Crippen LogP contribution in [0.4, 0.5) is 0 Å². The van der Waals surface area contributed by atoms with Crippen LogP contribution in [0.5, 0.6) is 5.75 Å². The minimum absolute atomic E-state index is 0.318. The van der Waals surface area contributed by atoms with Crippen molar-refractivity contribution in [3.63, 3.8) is 0 Å². The largest absolute Gasteiger partial charge is 0.425 e. The van der Waals surface area contributed by atoms with Gasteiger partial charge in [-0.2, -0.15) is 5.10 Å². The molecule has 0 amide bonds. The van der Waals surface area contributed by atoms with Gasteiger partial charge >= 0.3 is 5.97 Å². The lowest BCUT2D eigenvalue weighted by atomic mass is 10.1. The lowest BCUT2D eigenvalue weighted by molar-refractivity contribution is -0.131. The first kappa shape index (κ1) is 14.7. The Labute approximate surface area is 128 Å². The van der Waals surface area contributed by atoms with Gasteiger partial charge in [0.2, 0.25) is 0 Å². The Balaban J connectivity index is 2.70. The third-order valence-electron chi connectivity index (χ3n) is 2.60. The van der Waals surface area contributed by atoms with E-state index in [1.807, 2.05) is 0 Å². The molecule has 0 aliphatic rings. The number of nitrogens with zero attached hydrogens (tertiary/aromatic N) is 1. The molecule has 0 aliphatic carbocycles. The number of hydrogen-bond acceptors (Lipinski definition) is 4. The van der Waals surface area contributed by atoms with Crippen LogP contribution < -0.4 is 10.3 Å². The molecule has 1 heterocycles. The first-order valence-electron chi connectivity index (χ1n) is 5.63. The van der Waals surface area contributed by atoms with E-state index in [2.05, 4.69) is 26.1 Å². The zero-order valence-electron chi connectivity index (χ0n) is 10.7. The maximum absolute atomic E-state index is 11.2. The Morgan fingerprint density at radius 1 is 1.45 bits per heavy atom. The highest BCUT2D eigenvalue weighted by Gasteiger charge is 2.18. The fraction of sp³-hybridized carbons (Fsp3) is 0.154. The second-order valence-corrected chi connectivity index (χ2v) is 5.27. The summed E-state index contributed by atoms with van der Waals surface area (Å²) in [5, 5.41) is 6.74. The number of esters is 1. The molecule has 0 spiro atoms. The number of benzene rings is 1. The van der Waals surface area contributed by atoms with Crippen LogP contribution >= 0.6 is 27.5 Å². The van der Waals surface area contributed by atoms with Crippen molar-refractivity contribution in [2.75, 3.05) is 0 Å². The number of aromatic amines is 1. The molecule has 0 aliphatic heterocycles. The number of rotatable bonds is 2. The van der Waals surface area contributed by atoms with Gasteiger partial charge in [0, 0.05) is 23.6 Å². The van der Waals surface area contributed by atoms with Gasteiger partial charge in [0.25, 0.3) is 5.56 Å². The van der Waals surface area contributed by atoms with Gasteiger partial charge < -0.3 is 4.74 Å². The monoisotopic (exact) mass is 356 g/mol. The molecule has 0 atom stereocenters. The van der Waals surface area contributed by atoms with E-state index in [9.17, 15) is 9.59 Å². The highest BCUT2D eigenvalue weighted by atomic mass is 79.9. The molecule has 0 bridgehead atoms. The number of H-pyrrole nitrogens is 1. The van der Waals surface area contributed by atoms with Gasteiger partial charge in [-0.15, -0.1) is 0 Å². The molecule has 1 aromatic heterocycles. The van der Waals surface area contributed by atoms with E-state index in [1.165, 1.54) is 19.1 Å². The minimum atomic E-state index is -0.460. The average Bonchev–Trinajstić information content (AvgIpc) is 2.40.